The Morgan fingerprint density at radius 2 is 2.07 bits per heavy atom. The second-order valence-corrected chi connectivity index (χ2v) is 3.33. The summed E-state index contributed by atoms with van der Waals surface area (Å²) >= 11 is 0. The number of hydrogen-bond acceptors (Lipinski definition) is 2. The molecule has 0 saturated heterocycles. The number of nitrogen functional groups attached to an aromatic ring is 1. The summed E-state index contributed by atoms with van der Waals surface area (Å²) < 4.78 is 0. The van der Waals surface area contributed by atoms with Gasteiger partial charge in [0.25, 0.3) is 0 Å². The number of aryl methyl sites for hydroxylation is 2. The summed E-state index contributed by atoms with van der Waals surface area (Å²) in [5.74, 6) is 0. The predicted octanol–water partition coefficient (Wildman–Crippen LogP) is 2.81. The Labute approximate surface area is 84.7 Å². The summed E-state index contributed by atoms with van der Waals surface area (Å²) in [5.41, 5.74) is 9.94. The number of anilines is 1. The molecule has 14 heavy (non-hydrogen) atoms. The molecule has 1 rings (SSSR count). The van der Waals surface area contributed by atoms with Crippen molar-refractivity contribution < 1.29 is 0 Å². The lowest BCUT2D eigenvalue weighted by Gasteiger charge is -2.05. The number of hydrogen-bond donors (Lipinski definition) is 1. The normalized spacial score (nSPS) is 10.4. The van der Waals surface area contributed by atoms with E-state index in [-0.39, 0.29) is 0 Å². The molecule has 0 radical (unpaired) electrons. The number of nitrogens with two attached hydrogens (primary N) is 1. The lowest BCUT2D eigenvalue weighted by molar-refractivity contribution is 1.35. The molecule has 2 heteroatoms. The van der Waals surface area contributed by atoms with Crippen LogP contribution in [0.15, 0.2) is 18.2 Å². The van der Waals surface area contributed by atoms with Crippen molar-refractivity contribution in [3.8, 4) is 6.07 Å². The third-order valence-corrected chi connectivity index (χ3v) is 2.16. The first-order valence-corrected chi connectivity index (χ1v) is 4.55. The smallest absolute Gasteiger partial charge is 0.0663 e. The van der Waals surface area contributed by atoms with E-state index >= 15 is 0 Å². The van der Waals surface area contributed by atoms with E-state index in [0.717, 1.165) is 22.4 Å². The van der Waals surface area contributed by atoms with E-state index in [1.807, 2.05) is 38.1 Å². The summed E-state index contributed by atoms with van der Waals surface area (Å²) in [7, 11) is 0. The van der Waals surface area contributed by atoms with E-state index < -0.39 is 0 Å². The van der Waals surface area contributed by atoms with Crippen LogP contribution < -0.4 is 5.73 Å². The third-order valence-electron chi connectivity index (χ3n) is 2.16. The van der Waals surface area contributed by atoms with E-state index in [1.165, 1.54) is 0 Å². The maximum absolute atomic E-state index is 8.39. The molecule has 0 aliphatic rings. The number of allylic oxidation sites excluding steroid dienone is 1. The van der Waals surface area contributed by atoms with Gasteiger partial charge in [0.05, 0.1) is 12.5 Å². The fraction of sp³-hybridized carbons (Fsp3) is 0.250. The molecule has 0 aromatic heterocycles. The van der Waals surface area contributed by atoms with Gasteiger partial charge in [-0.15, -0.1) is 0 Å². The Kier molecular flexibility index (Phi) is 3.30. The minimum atomic E-state index is 0.447. The summed E-state index contributed by atoms with van der Waals surface area (Å²) in [6, 6.07) is 6.07. The first kappa shape index (κ1) is 10.3. The van der Waals surface area contributed by atoms with Gasteiger partial charge in [-0.1, -0.05) is 12.2 Å². The van der Waals surface area contributed by atoms with Crippen LogP contribution in [0, 0.1) is 25.2 Å². The van der Waals surface area contributed by atoms with Crippen LogP contribution in [0.4, 0.5) is 5.69 Å². The second-order valence-electron chi connectivity index (χ2n) is 3.33. The molecule has 0 aliphatic carbocycles. The van der Waals surface area contributed by atoms with Crippen molar-refractivity contribution in [2.24, 2.45) is 0 Å². The fourth-order valence-electron chi connectivity index (χ4n) is 1.28. The zero-order valence-electron chi connectivity index (χ0n) is 8.54. The molecule has 0 atom stereocenters. The van der Waals surface area contributed by atoms with Crippen molar-refractivity contribution in [1.29, 1.82) is 5.26 Å². The maximum atomic E-state index is 8.39. The number of rotatable bonds is 2. The van der Waals surface area contributed by atoms with Crippen molar-refractivity contribution in [2.45, 2.75) is 20.3 Å². The monoisotopic (exact) mass is 186 g/mol. The molecular weight excluding hydrogens is 172 g/mol. The Hall–Kier alpha value is -1.75. The third kappa shape index (κ3) is 2.37. The average Bonchev–Trinajstić information content (AvgIpc) is 2.14. The summed E-state index contributed by atoms with van der Waals surface area (Å²) in [5, 5.41) is 8.39. The largest absolute Gasteiger partial charge is 0.399 e. The Balaban J connectivity index is 2.99. The minimum absolute atomic E-state index is 0.447. The molecule has 1 aromatic rings. The Bertz CT molecular complexity index is 398. The van der Waals surface area contributed by atoms with Crippen molar-refractivity contribution in [3.05, 3.63) is 34.9 Å². The zero-order valence-corrected chi connectivity index (χ0v) is 8.54. The number of nitriles is 1. The van der Waals surface area contributed by atoms with E-state index in [0.29, 0.717) is 6.42 Å². The van der Waals surface area contributed by atoms with E-state index in [1.54, 1.807) is 0 Å². The second kappa shape index (κ2) is 4.48. The van der Waals surface area contributed by atoms with Crippen LogP contribution in [-0.2, 0) is 0 Å². The Morgan fingerprint density at radius 3 is 2.71 bits per heavy atom. The standard InChI is InChI=1S/C12H14N2/c1-9-8-12(14)10(2)7-11(9)5-3-4-6-13/h3,5,7-8H,4,14H2,1-2H3. The van der Waals surface area contributed by atoms with Crippen molar-refractivity contribution in [1.82, 2.24) is 0 Å². The summed E-state index contributed by atoms with van der Waals surface area (Å²) in [6.07, 6.45) is 4.27. The van der Waals surface area contributed by atoms with Gasteiger partial charge in [0.15, 0.2) is 0 Å². The van der Waals surface area contributed by atoms with E-state index in [4.69, 9.17) is 11.0 Å². The molecule has 0 saturated carbocycles. The average molecular weight is 186 g/mol. The zero-order chi connectivity index (χ0) is 10.6. The highest BCUT2D eigenvalue weighted by Gasteiger charge is 1.98. The highest BCUT2D eigenvalue weighted by Crippen LogP contribution is 2.18. The first-order valence-electron chi connectivity index (χ1n) is 4.55. The minimum Gasteiger partial charge on any atom is -0.399 e. The van der Waals surface area contributed by atoms with Gasteiger partial charge in [-0.05, 0) is 42.7 Å². The molecule has 0 fully saturated rings. The predicted molar refractivity (Wildman–Crippen MR) is 59.6 cm³/mol. The van der Waals surface area contributed by atoms with E-state index in [2.05, 4.69) is 6.07 Å². The molecule has 72 valence electrons. The fourth-order valence-corrected chi connectivity index (χ4v) is 1.28. The highest BCUT2D eigenvalue weighted by molar-refractivity contribution is 5.61. The molecular formula is C12H14N2. The lowest BCUT2D eigenvalue weighted by atomic mass is 10.0. The van der Waals surface area contributed by atoms with Crippen LogP contribution in [0.5, 0.6) is 0 Å². The SMILES string of the molecule is Cc1cc(C=CCC#N)c(C)cc1N. The van der Waals surface area contributed by atoms with Crippen molar-refractivity contribution in [3.63, 3.8) is 0 Å². The van der Waals surface area contributed by atoms with Gasteiger partial charge in [-0.25, -0.2) is 0 Å². The van der Waals surface area contributed by atoms with Crippen LogP contribution in [0.2, 0.25) is 0 Å². The highest BCUT2D eigenvalue weighted by atomic mass is 14.6. The topological polar surface area (TPSA) is 49.8 Å². The van der Waals surface area contributed by atoms with Crippen LogP contribution in [0.3, 0.4) is 0 Å². The molecule has 2 N–H and O–H groups in total. The quantitative estimate of drug-likeness (QED) is 0.722. The molecule has 0 heterocycles. The molecule has 0 spiro atoms. The molecule has 2 nitrogen and oxygen atoms in total. The van der Waals surface area contributed by atoms with E-state index in [9.17, 15) is 0 Å². The van der Waals surface area contributed by atoms with Gasteiger partial charge in [-0.2, -0.15) is 5.26 Å². The summed E-state index contributed by atoms with van der Waals surface area (Å²) in [6.45, 7) is 4.00. The number of nitrogens with zero attached hydrogens (tertiary/aromatic N) is 1. The van der Waals surface area contributed by atoms with Crippen molar-refractivity contribution >= 4 is 11.8 Å². The maximum Gasteiger partial charge on any atom is 0.0663 e. The summed E-state index contributed by atoms with van der Waals surface area (Å²) in [4.78, 5) is 0. The van der Waals surface area contributed by atoms with Crippen LogP contribution in [-0.4, -0.2) is 0 Å². The van der Waals surface area contributed by atoms with Crippen LogP contribution >= 0.6 is 0 Å². The molecule has 0 bridgehead atoms. The van der Waals surface area contributed by atoms with Gasteiger partial charge in [0, 0.05) is 5.69 Å². The van der Waals surface area contributed by atoms with Crippen LogP contribution in [0.25, 0.3) is 6.08 Å². The lowest BCUT2D eigenvalue weighted by Crippen LogP contribution is -1.92. The molecule has 0 aliphatic heterocycles. The van der Waals surface area contributed by atoms with Gasteiger partial charge in [-0.3, -0.25) is 0 Å². The van der Waals surface area contributed by atoms with Gasteiger partial charge >= 0.3 is 0 Å². The molecule has 1 aromatic carbocycles. The number of benzene rings is 1. The molecule has 0 unspecified atom stereocenters. The van der Waals surface area contributed by atoms with Crippen LogP contribution in [0.1, 0.15) is 23.1 Å². The Morgan fingerprint density at radius 1 is 1.36 bits per heavy atom. The molecule has 0 amide bonds. The van der Waals surface area contributed by atoms with Gasteiger partial charge in [0.2, 0.25) is 0 Å². The van der Waals surface area contributed by atoms with Gasteiger partial charge < -0.3 is 5.73 Å². The van der Waals surface area contributed by atoms with Crippen molar-refractivity contribution in [2.75, 3.05) is 5.73 Å². The first-order chi connectivity index (χ1) is 6.65. The van der Waals surface area contributed by atoms with Gasteiger partial charge in [0.1, 0.15) is 0 Å².